The van der Waals surface area contributed by atoms with Gasteiger partial charge in [-0.2, -0.15) is 0 Å². The summed E-state index contributed by atoms with van der Waals surface area (Å²) in [6.07, 6.45) is 5.74. The van der Waals surface area contributed by atoms with Crippen LogP contribution in [0.25, 0.3) is 22.8 Å². The van der Waals surface area contributed by atoms with Crippen molar-refractivity contribution >= 4 is 0 Å². The van der Waals surface area contributed by atoms with E-state index in [0.29, 0.717) is 0 Å². The van der Waals surface area contributed by atoms with E-state index in [-0.39, 0.29) is 0 Å². The van der Waals surface area contributed by atoms with Gasteiger partial charge in [-0.1, -0.05) is 24.3 Å². The Bertz CT molecular complexity index is 1060. The molecule has 0 saturated carbocycles. The highest BCUT2D eigenvalue weighted by molar-refractivity contribution is 5.60. The molecule has 26 heavy (non-hydrogen) atoms. The van der Waals surface area contributed by atoms with E-state index in [1.54, 1.807) is 6.20 Å². The van der Waals surface area contributed by atoms with Crippen LogP contribution >= 0.6 is 0 Å². The first-order valence-corrected chi connectivity index (χ1v) is 8.46. The van der Waals surface area contributed by atoms with Gasteiger partial charge in [-0.3, -0.25) is 0 Å². The lowest BCUT2D eigenvalue weighted by atomic mass is 10.2. The summed E-state index contributed by atoms with van der Waals surface area (Å²) < 4.78 is 10.1. The predicted molar refractivity (Wildman–Crippen MR) is 102 cm³/mol. The van der Waals surface area contributed by atoms with Crippen molar-refractivity contribution in [2.24, 2.45) is 14.1 Å². The number of benzene rings is 2. The number of rotatable bonds is 4. The van der Waals surface area contributed by atoms with E-state index < -0.39 is 0 Å². The minimum absolute atomic E-state index is 0.777. The molecule has 0 fully saturated rings. The topological polar surface area (TPSA) is 44.9 Å². The summed E-state index contributed by atoms with van der Waals surface area (Å²) in [5.41, 5.74) is 3.04. The molecule has 0 aliphatic heterocycles. The molecule has 0 aliphatic rings. The molecule has 0 amide bonds. The van der Waals surface area contributed by atoms with E-state index in [1.807, 2.05) is 91.1 Å². The van der Waals surface area contributed by atoms with Crippen LogP contribution < -0.4 is 4.74 Å². The normalized spacial score (nSPS) is 10.9. The average molecular weight is 344 g/mol. The van der Waals surface area contributed by atoms with Crippen molar-refractivity contribution in [3.8, 4) is 34.3 Å². The summed E-state index contributed by atoms with van der Waals surface area (Å²) in [5.74, 6) is 3.39. The first kappa shape index (κ1) is 16.1. The molecule has 0 atom stereocenters. The fourth-order valence-corrected chi connectivity index (χ4v) is 3.06. The molecule has 0 N–H and O–H groups in total. The summed E-state index contributed by atoms with van der Waals surface area (Å²) in [5, 5.41) is 0. The maximum absolute atomic E-state index is 6.09. The number of imidazole rings is 2. The van der Waals surface area contributed by atoms with Gasteiger partial charge < -0.3 is 13.9 Å². The minimum Gasteiger partial charge on any atom is -0.457 e. The molecule has 0 bridgehead atoms. The lowest BCUT2D eigenvalue weighted by Gasteiger charge is -2.09. The van der Waals surface area contributed by atoms with E-state index >= 15 is 0 Å². The maximum Gasteiger partial charge on any atom is 0.140 e. The minimum atomic E-state index is 0.777. The largest absolute Gasteiger partial charge is 0.457 e. The highest BCUT2D eigenvalue weighted by atomic mass is 16.5. The van der Waals surface area contributed by atoms with Gasteiger partial charge in [0.05, 0.1) is 5.69 Å². The summed E-state index contributed by atoms with van der Waals surface area (Å²) in [6.45, 7) is 1.99. The second-order valence-electron chi connectivity index (χ2n) is 6.34. The van der Waals surface area contributed by atoms with Crippen LogP contribution in [-0.2, 0) is 14.1 Å². The Morgan fingerprint density at radius 2 is 1.50 bits per heavy atom. The van der Waals surface area contributed by atoms with Crippen molar-refractivity contribution in [3.05, 3.63) is 72.8 Å². The van der Waals surface area contributed by atoms with Crippen molar-refractivity contribution in [1.82, 2.24) is 19.1 Å². The first-order chi connectivity index (χ1) is 12.6. The van der Waals surface area contributed by atoms with Crippen LogP contribution in [0.15, 0.2) is 67.1 Å². The standard InChI is InChI=1S/C21H20N4O/c1-15-14-25(3)21(23-15)17-7-5-9-19(13-17)26-18-8-4-6-16(12-18)20-22-10-11-24(20)2/h4-14H,1-3H3. The second-order valence-corrected chi connectivity index (χ2v) is 6.34. The molecule has 0 radical (unpaired) electrons. The Morgan fingerprint density at radius 1 is 0.846 bits per heavy atom. The Labute approximate surface area is 152 Å². The molecule has 0 spiro atoms. The quantitative estimate of drug-likeness (QED) is 0.544. The number of aryl methyl sites for hydroxylation is 3. The maximum atomic E-state index is 6.09. The zero-order valence-corrected chi connectivity index (χ0v) is 15.0. The number of aromatic nitrogens is 4. The number of nitrogens with zero attached hydrogens (tertiary/aromatic N) is 4. The molecule has 2 aromatic carbocycles. The highest BCUT2D eigenvalue weighted by Gasteiger charge is 2.09. The van der Waals surface area contributed by atoms with Gasteiger partial charge in [-0.05, 0) is 31.2 Å². The van der Waals surface area contributed by atoms with E-state index in [1.165, 1.54) is 0 Å². The number of hydrogen-bond acceptors (Lipinski definition) is 3. The van der Waals surface area contributed by atoms with Crippen molar-refractivity contribution in [2.75, 3.05) is 0 Å². The van der Waals surface area contributed by atoms with E-state index in [0.717, 1.165) is 40.0 Å². The summed E-state index contributed by atoms with van der Waals surface area (Å²) in [7, 11) is 3.98. The van der Waals surface area contributed by atoms with Crippen molar-refractivity contribution in [3.63, 3.8) is 0 Å². The second kappa shape index (κ2) is 6.52. The summed E-state index contributed by atoms with van der Waals surface area (Å²) >= 11 is 0. The highest BCUT2D eigenvalue weighted by Crippen LogP contribution is 2.29. The zero-order chi connectivity index (χ0) is 18.1. The van der Waals surface area contributed by atoms with Gasteiger partial charge in [0.1, 0.15) is 23.1 Å². The molecular weight excluding hydrogens is 324 g/mol. The number of hydrogen-bond donors (Lipinski definition) is 0. The Morgan fingerprint density at radius 3 is 2.04 bits per heavy atom. The van der Waals surface area contributed by atoms with Gasteiger partial charge in [0.15, 0.2) is 0 Å². The first-order valence-electron chi connectivity index (χ1n) is 8.46. The molecule has 5 heteroatoms. The Kier molecular flexibility index (Phi) is 4.05. The molecule has 2 heterocycles. The predicted octanol–water partition coefficient (Wildman–Crippen LogP) is 4.59. The van der Waals surface area contributed by atoms with Crippen LogP contribution in [-0.4, -0.2) is 19.1 Å². The number of ether oxygens (including phenoxy) is 1. The monoisotopic (exact) mass is 344 g/mol. The van der Waals surface area contributed by atoms with Gasteiger partial charge in [-0.25, -0.2) is 9.97 Å². The van der Waals surface area contributed by atoms with Crippen LogP contribution in [0.4, 0.5) is 0 Å². The van der Waals surface area contributed by atoms with Gasteiger partial charge in [0, 0.05) is 43.8 Å². The summed E-state index contributed by atoms with van der Waals surface area (Å²) in [4.78, 5) is 8.98. The van der Waals surface area contributed by atoms with Crippen molar-refractivity contribution in [2.45, 2.75) is 6.92 Å². The molecule has 130 valence electrons. The van der Waals surface area contributed by atoms with E-state index in [4.69, 9.17) is 4.74 Å². The average Bonchev–Trinajstić information content (AvgIpc) is 3.20. The van der Waals surface area contributed by atoms with Crippen LogP contribution in [0.1, 0.15) is 5.69 Å². The van der Waals surface area contributed by atoms with Crippen LogP contribution in [0.3, 0.4) is 0 Å². The Hall–Kier alpha value is -3.34. The SMILES string of the molecule is Cc1cn(C)c(-c2cccc(Oc3cccc(-c4nccn4C)c3)c2)n1. The van der Waals surface area contributed by atoms with Gasteiger partial charge in [0.25, 0.3) is 0 Å². The Balaban J connectivity index is 1.63. The van der Waals surface area contributed by atoms with Crippen molar-refractivity contribution < 1.29 is 4.74 Å². The molecule has 5 nitrogen and oxygen atoms in total. The molecule has 4 aromatic rings. The van der Waals surface area contributed by atoms with Crippen LogP contribution in [0.2, 0.25) is 0 Å². The molecule has 2 aromatic heterocycles. The molecule has 0 aliphatic carbocycles. The summed E-state index contributed by atoms with van der Waals surface area (Å²) in [6, 6.07) is 15.9. The van der Waals surface area contributed by atoms with Gasteiger partial charge >= 0.3 is 0 Å². The molecule has 4 rings (SSSR count). The van der Waals surface area contributed by atoms with Gasteiger partial charge in [-0.15, -0.1) is 0 Å². The van der Waals surface area contributed by atoms with E-state index in [2.05, 4.69) is 9.97 Å². The third-order valence-electron chi connectivity index (χ3n) is 4.24. The molecular formula is C21H20N4O. The molecule has 0 saturated heterocycles. The lowest BCUT2D eigenvalue weighted by molar-refractivity contribution is 0.483. The van der Waals surface area contributed by atoms with E-state index in [9.17, 15) is 0 Å². The lowest BCUT2D eigenvalue weighted by Crippen LogP contribution is -1.93. The van der Waals surface area contributed by atoms with Crippen LogP contribution in [0, 0.1) is 6.92 Å². The smallest absolute Gasteiger partial charge is 0.140 e. The fourth-order valence-electron chi connectivity index (χ4n) is 3.06. The van der Waals surface area contributed by atoms with Crippen LogP contribution in [0.5, 0.6) is 11.5 Å². The third-order valence-corrected chi connectivity index (χ3v) is 4.24. The fraction of sp³-hybridized carbons (Fsp3) is 0.143. The van der Waals surface area contributed by atoms with Gasteiger partial charge in [0.2, 0.25) is 0 Å². The third kappa shape index (κ3) is 3.11. The van der Waals surface area contributed by atoms with Crippen molar-refractivity contribution in [1.29, 1.82) is 0 Å². The molecule has 0 unspecified atom stereocenters. The zero-order valence-electron chi connectivity index (χ0n) is 15.0.